The van der Waals surface area contributed by atoms with Gasteiger partial charge in [0.15, 0.2) is 5.11 Å². The summed E-state index contributed by atoms with van der Waals surface area (Å²) >= 11 is 4.88. The minimum atomic E-state index is -0.609. The maximum absolute atomic E-state index is 13.7. The van der Waals surface area contributed by atoms with Gasteiger partial charge in [0.05, 0.1) is 0 Å². The average Bonchev–Trinajstić information content (AvgIpc) is 2.39. The molecule has 21 heavy (non-hydrogen) atoms. The molecule has 1 aromatic rings. The molecule has 0 amide bonds. The first-order chi connectivity index (χ1) is 9.92. The normalized spacial score (nSPS) is 20.6. The average molecular weight is 309 g/mol. The van der Waals surface area contributed by atoms with E-state index in [0.29, 0.717) is 6.54 Å². The van der Waals surface area contributed by atoms with Gasteiger partial charge in [-0.2, -0.15) is 0 Å². The van der Waals surface area contributed by atoms with Crippen molar-refractivity contribution in [3.05, 3.63) is 59.8 Å². The smallest absolute Gasteiger partial charge is 0.165 e. The summed E-state index contributed by atoms with van der Waals surface area (Å²) in [6, 6.07) is 3.88. The summed E-state index contributed by atoms with van der Waals surface area (Å²) in [4.78, 5) is 1.90. The Morgan fingerprint density at radius 2 is 2.00 bits per heavy atom. The van der Waals surface area contributed by atoms with Crippen LogP contribution < -0.4 is 11.1 Å². The zero-order valence-electron chi connectivity index (χ0n) is 11.6. The Morgan fingerprint density at radius 1 is 1.33 bits per heavy atom. The van der Waals surface area contributed by atoms with Gasteiger partial charge in [0, 0.05) is 18.3 Å². The SMILES string of the molecule is CC1(NC(N)=S)C=CC=CN1CCc1c(F)cccc1F. The fraction of sp³-hybridized carbons (Fsp3) is 0.267. The van der Waals surface area contributed by atoms with Gasteiger partial charge in [-0.1, -0.05) is 12.1 Å². The Balaban J connectivity index is 2.12. The lowest BCUT2D eigenvalue weighted by atomic mass is 10.1. The first-order valence-corrected chi connectivity index (χ1v) is 6.96. The molecule has 0 fully saturated rings. The number of benzene rings is 1. The number of thiocarbonyl (C=S) groups is 1. The number of hydrogen-bond acceptors (Lipinski definition) is 2. The molecule has 112 valence electrons. The number of halogens is 2. The zero-order chi connectivity index (χ0) is 15.5. The monoisotopic (exact) mass is 309 g/mol. The largest absolute Gasteiger partial charge is 0.376 e. The standard InChI is InChI=1S/C15H17F2N3S/c1-15(19-14(18)21)8-2-3-9-20(15)10-7-11-12(16)5-4-6-13(11)17/h2-6,8-9H,7,10H2,1H3,(H3,18,19,21). The lowest BCUT2D eigenvalue weighted by Gasteiger charge is -2.41. The topological polar surface area (TPSA) is 41.3 Å². The summed E-state index contributed by atoms with van der Waals surface area (Å²) in [5.74, 6) is -1.06. The molecule has 3 nitrogen and oxygen atoms in total. The zero-order valence-corrected chi connectivity index (χ0v) is 12.5. The minimum absolute atomic E-state index is 0.0816. The van der Waals surface area contributed by atoms with Crippen LogP contribution in [0.4, 0.5) is 8.78 Å². The maximum Gasteiger partial charge on any atom is 0.165 e. The van der Waals surface area contributed by atoms with Crippen LogP contribution in [0.5, 0.6) is 0 Å². The molecule has 1 aliphatic heterocycles. The van der Waals surface area contributed by atoms with Crippen molar-refractivity contribution in [3.8, 4) is 0 Å². The summed E-state index contributed by atoms with van der Waals surface area (Å²) in [6.45, 7) is 2.31. The van der Waals surface area contributed by atoms with Gasteiger partial charge < -0.3 is 16.0 Å². The van der Waals surface area contributed by atoms with Gasteiger partial charge >= 0.3 is 0 Å². The third kappa shape index (κ3) is 3.58. The molecule has 0 bridgehead atoms. The lowest BCUT2D eigenvalue weighted by molar-refractivity contribution is 0.197. The molecule has 0 saturated heterocycles. The van der Waals surface area contributed by atoms with Crippen molar-refractivity contribution >= 4 is 17.3 Å². The predicted molar refractivity (Wildman–Crippen MR) is 83.4 cm³/mol. The van der Waals surface area contributed by atoms with Crippen LogP contribution in [0, 0.1) is 11.6 Å². The van der Waals surface area contributed by atoms with E-state index < -0.39 is 17.3 Å². The summed E-state index contributed by atoms with van der Waals surface area (Å²) in [5.41, 5.74) is 5.01. The second-order valence-electron chi connectivity index (χ2n) is 4.98. The molecule has 2 rings (SSSR count). The molecular weight excluding hydrogens is 292 g/mol. The van der Waals surface area contributed by atoms with Gasteiger partial charge in [0.25, 0.3) is 0 Å². The number of hydrogen-bond donors (Lipinski definition) is 2. The third-order valence-electron chi connectivity index (χ3n) is 3.44. The van der Waals surface area contributed by atoms with E-state index in [0.717, 1.165) is 0 Å². The van der Waals surface area contributed by atoms with Crippen LogP contribution in [0.25, 0.3) is 0 Å². The molecule has 0 aromatic heterocycles. The van der Waals surface area contributed by atoms with Crippen LogP contribution >= 0.6 is 12.2 Å². The van der Waals surface area contributed by atoms with Gasteiger partial charge in [-0.05, 0) is 49.8 Å². The summed E-state index contributed by atoms with van der Waals surface area (Å²) in [7, 11) is 0. The summed E-state index contributed by atoms with van der Waals surface area (Å²) < 4.78 is 27.3. The fourth-order valence-electron chi connectivity index (χ4n) is 2.32. The predicted octanol–water partition coefficient (Wildman–Crippen LogP) is 2.44. The molecule has 1 heterocycles. The second-order valence-corrected chi connectivity index (χ2v) is 5.42. The number of rotatable bonds is 4. The Bertz CT molecular complexity index is 580. The molecule has 0 radical (unpaired) electrons. The molecule has 1 atom stereocenters. The molecule has 0 aliphatic carbocycles. The Morgan fingerprint density at radius 3 is 2.62 bits per heavy atom. The molecule has 1 unspecified atom stereocenters. The van der Waals surface area contributed by atoms with E-state index in [-0.39, 0.29) is 17.1 Å². The van der Waals surface area contributed by atoms with Crippen molar-refractivity contribution in [3.63, 3.8) is 0 Å². The van der Waals surface area contributed by atoms with Crippen molar-refractivity contribution in [1.29, 1.82) is 0 Å². The van der Waals surface area contributed by atoms with Gasteiger partial charge in [-0.15, -0.1) is 0 Å². The van der Waals surface area contributed by atoms with Crippen molar-refractivity contribution in [2.24, 2.45) is 5.73 Å². The molecule has 1 aromatic carbocycles. The quantitative estimate of drug-likeness (QED) is 0.838. The Hall–Kier alpha value is -1.95. The summed E-state index contributed by atoms with van der Waals surface area (Å²) in [5, 5.41) is 3.15. The van der Waals surface area contributed by atoms with Crippen LogP contribution in [-0.2, 0) is 6.42 Å². The third-order valence-corrected chi connectivity index (χ3v) is 3.54. The van der Waals surface area contributed by atoms with Crippen molar-refractivity contribution < 1.29 is 8.78 Å². The molecule has 0 spiro atoms. The van der Waals surface area contributed by atoms with Gasteiger partial charge in [-0.3, -0.25) is 0 Å². The first kappa shape index (κ1) is 15.4. The van der Waals surface area contributed by atoms with Crippen LogP contribution in [-0.4, -0.2) is 22.2 Å². The molecule has 3 N–H and O–H groups in total. The lowest BCUT2D eigenvalue weighted by Crippen LogP contribution is -2.57. The van der Waals surface area contributed by atoms with E-state index in [2.05, 4.69) is 5.32 Å². The number of nitrogens with two attached hydrogens (primary N) is 1. The van der Waals surface area contributed by atoms with Gasteiger partial charge in [0.2, 0.25) is 0 Å². The number of nitrogens with one attached hydrogen (secondary N) is 1. The highest BCUT2D eigenvalue weighted by atomic mass is 32.1. The highest BCUT2D eigenvalue weighted by Crippen LogP contribution is 2.20. The molecule has 6 heteroatoms. The van der Waals surface area contributed by atoms with E-state index in [1.54, 1.807) is 0 Å². The Kier molecular flexibility index (Phi) is 4.57. The van der Waals surface area contributed by atoms with E-state index in [1.807, 2.05) is 36.3 Å². The van der Waals surface area contributed by atoms with Crippen LogP contribution in [0.2, 0.25) is 0 Å². The fourth-order valence-corrected chi connectivity index (χ4v) is 2.53. The van der Waals surface area contributed by atoms with Crippen molar-refractivity contribution in [2.45, 2.75) is 19.0 Å². The van der Waals surface area contributed by atoms with Gasteiger partial charge in [0.1, 0.15) is 17.3 Å². The molecule has 1 aliphatic rings. The van der Waals surface area contributed by atoms with E-state index >= 15 is 0 Å². The highest BCUT2D eigenvalue weighted by molar-refractivity contribution is 7.80. The number of nitrogens with zero attached hydrogens (tertiary/aromatic N) is 1. The number of allylic oxidation sites excluding steroid dienone is 2. The maximum atomic E-state index is 13.7. The molecule has 0 saturated carbocycles. The van der Waals surface area contributed by atoms with Crippen LogP contribution in [0.3, 0.4) is 0 Å². The first-order valence-electron chi connectivity index (χ1n) is 6.56. The van der Waals surface area contributed by atoms with Crippen molar-refractivity contribution in [2.75, 3.05) is 6.54 Å². The summed E-state index contributed by atoms with van der Waals surface area (Å²) in [6.07, 6.45) is 7.69. The second kappa shape index (κ2) is 6.22. The van der Waals surface area contributed by atoms with E-state index in [1.165, 1.54) is 18.2 Å². The van der Waals surface area contributed by atoms with Crippen LogP contribution in [0.15, 0.2) is 42.6 Å². The Labute approximate surface area is 128 Å². The highest BCUT2D eigenvalue weighted by Gasteiger charge is 2.28. The van der Waals surface area contributed by atoms with Crippen LogP contribution in [0.1, 0.15) is 12.5 Å². The molecular formula is C15H17F2N3S. The van der Waals surface area contributed by atoms with Gasteiger partial charge in [-0.25, -0.2) is 8.78 Å². The van der Waals surface area contributed by atoms with E-state index in [9.17, 15) is 8.78 Å². The van der Waals surface area contributed by atoms with Crippen molar-refractivity contribution in [1.82, 2.24) is 10.2 Å². The minimum Gasteiger partial charge on any atom is -0.376 e. The van der Waals surface area contributed by atoms with E-state index in [4.69, 9.17) is 18.0 Å².